The summed E-state index contributed by atoms with van der Waals surface area (Å²) in [5.74, 6) is 0.0487. The van der Waals surface area contributed by atoms with Crippen LogP contribution < -0.4 is 10.1 Å². The highest BCUT2D eigenvalue weighted by Crippen LogP contribution is 2.26. The lowest BCUT2D eigenvalue weighted by Crippen LogP contribution is -2.14. The second kappa shape index (κ2) is 10.2. The number of hydrogen-bond acceptors (Lipinski definition) is 3. The largest absolute Gasteiger partial charge is 0.488 e. The van der Waals surface area contributed by atoms with Crippen molar-refractivity contribution in [2.75, 3.05) is 5.32 Å². The summed E-state index contributed by atoms with van der Waals surface area (Å²) in [5, 5.41) is 13.4. The molecule has 1 amide bonds. The number of ether oxygens (including phenoxy) is 1. The van der Waals surface area contributed by atoms with Crippen LogP contribution in [0.1, 0.15) is 22.3 Å². The first-order valence-electron chi connectivity index (χ1n) is 9.54. The molecule has 0 saturated heterocycles. The molecule has 0 atom stereocenters. The van der Waals surface area contributed by atoms with Gasteiger partial charge in [0.1, 0.15) is 24.0 Å². The number of aryl methyl sites for hydroxylation is 1. The van der Waals surface area contributed by atoms with Crippen LogP contribution in [0.4, 0.5) is 5.69 Å². The third-order valence-corrected chi connectivity index (χ3v) is 5.42. The van der Waals surface area contributed by atoms with Gasteiger partial charge in [0.05, 0.1) is 0 Å². The zero-order valence-corrected chi connectivity index (χ0v) is 18.6. The molecule has 1 N–H and O–H groups in total. The second-order valence-corrected chi connectivity index (χ2v) is 7.78. The molecule has 31 heavy (non-hydrogen) atoms. The van der Waals surface area contributed by atoms with Gasteiger partial charge in [-0.15, -0.1) is 0 Å². The summed E-state index contributed by atoms with van der Waals surface area (Å²) in [6, 6.07) is 20.0. The number of rotatable bonds is 6. The standard InChI is InChI=1S/C25H20Cl2N2O2/c1-16-6-5-8-23(17(16)2)29-25(30)20(14-28)12-18-7-3-4-9-24(18)31-15-19-10-11-21(26)13-22(19)27/h3-13H,15H2,1-2H3,(H,29,30)/b20-12+. The normalized spacial score (nSPS) is 11.0. The predicted octanol–water partition coefficient (Wildman–Crippen LogP) is 6.73. The lowest BCUT2D eigenvalue weighted by molar-refractivity contribution is -0.112. The Morgan fingerprint density at radius 3 is 2.61 bits per heavy atom. The molecule has 0 aliphatic heterocycles. The van der Waals surface area contributed by atoms with E-state index in [0.29, 0.717) is 27.0 Å². The molecule has 0 spiro atoms. The van der Waals surface area contributed by atoms with Crippen molar-refractivity contribution >= 4 is 40.9 Å². The van der Waals surface area contributed by atoms with Crippen molar-refractivity contribution in [3.63, 3.8) is 0 Å². The van der Waals surface area contributed by atoms with Gasteiger partial charge in [0.15, 0.2) is 0 Å². The van der Waals surface area contributed by atoms with Gasteiger partial charge in [0.25, 0.3) is 5.91 Å². The van der Waals surface area contributed by atoms with Gasteiger partial charge < -0.3 is 10.1 Å². The molecule has 0 fully saturated rings. The first-order chi connectivity index (χ1) is 14.9. The van der Waals surface area contributed by atoms with Crippen LogP contribution in [0.15, 0.2) is 66.2 Å². The van der Waals surface area contributed by atoms with E-state index in [4.69, 9.17) is 27.9 Å². The topological polar surface area (TPSA) is 62.1 Å². The third kappa shape index (κ3) is 5.67. The summed E-state index contributed by atoms with van der Waals surface area (Å²) >= 11 is 12.1. The Morgan fingerprint density at radius 1 is 1.10 bits per heavy atom. The Bertz CT molecular complexity index is 1200. The van der Waals surface area contributed by atoms with E-state index >= 15 is 0 Å². The van der Waals surface area contributed by atoms with Crippen LogP contribution in [-0.4, -0.2) is 5.91 Å². The zero-order valence-electron chi connectivity index (χ0n) is 17.1. The molecule has 0 heterocycles. The summed E-state index contributed by atoms with van der Waals surface area (Å²) in [6.07, 6.45) is 1.51. The molecule has 0 bridgehead atoms. The lowest BCUT2D eigenvalue weighted by Gasteiger charge is -2.12. The van der Waals surface area contributed by atoms with Gasteiger partial charge in [-0.2, -0.15) is 5.26 Å². The molecule has 4 nitrogen and oxygen atoms in total. The van der Waals surface area contributed by atoms with Crippen molar-refractivity contribution in [1.29, 1.82) is 5.26 Å². The van der Waals surface area contributed by atoms with Gasteiger partial charge >= 0.3 is 0 Å². The number of benzene rings is 3. The number of hydrogen-bond donors (Lipinski definition) is 1. The van der Waals surface area contributed by atoms with E-state index < -0.39 is 5.91 Å². The van der Waals surface area contributed by atoms with Crippen molar-refractivity contribution in [3.8, 4) is 11.8 Å². The Labute approximate surface area is 191 Å². The van der Waals surface area contributed by atoms with Crippen molar-refractivity contribution in [3.05, 3.63) is 98.5 Å². The number of nitrogens with one attached hydrogen (secondary N) is 1. The lowest BCUT2D eigenvalue weighted by atomic mass is 10.1. The van der Waals surface area contributed by atoms with Crippen LogP contribution in [0.3, 0.4) is 0 Å². The Balaban J connectivity index is 1.82. The van der Waals surface area contributed by atoms with E-state index in [2.05, 4.69) is 5.32 Å². The maximum absolute atomic E-state index is 12.7. The molecule has 0 saturated carbocycles. The molecule has 0 aliphatic rings. The van der Waals surface area contributed by atoms with Gasteiger partial charge in [-0.3, -0.25) is 4.79 Å². The highest BCUT2D eigenvalue weighted by molar-refractivity contribution is 6.35. The zero-order chi connectivity index (χ0) is 22.4. The van der Waals surface area contributed by atoms with Crippen molar-refractivity contribution < 1.29 is 9.53 Å². The fourth-order valence-electron chi connectivity index (χ4n) is 2.91. The smallest absolute Gasteiger partial charge is 0.266 e. The molecule has 6 heteroatoms. The Kier molecular flexibility index (Phi) is 7.36. The SMILES string of the molecule is Cc1cccc(NC(=O)/C(C#N)=C/c2ccccc2OCc2ccc(Cl)cc2Cl)c1C. The molecule has 3 aromatic carbocycles. The van der Waals surface area contributed by atoms with E-state index in [1.54, 1.807) is 30.3 Å². The monoisotopic (exact) mass is 450 g/mol. The third-order valence-electron chi connectivity index (χ3n) is 4.84. The van der Waals surface area contributed by atoms with Crippen molar-refractivity contribution in [2.45, 2.75) is 20.5 Å². The number of para-hydroxylation sites is 1. The minimum atomic E-state index is -0.480. The first-order valence-corrected chi connectivity index (χ1v) is 10.3. The highest BCUT2D eigenvalue weighted by Gasteiger charge is 2.13. The highest BCUT2D eigenvalue weighted by atomic mass is 35.5. The fourth-order valence-corrected chi connectivity index (χ4v) is 3.37. The van der Waals surface area contributed by atoms with Gasteiger partial charge in [0, 0.05) is 26.9 Å². The molecule has 0 aromatic heterocycles. The molecule has 0 aliphatic carbocycles. The molecular formula is C25H20Cl2N2O2. The fraction of sp³-hybridized carbons (Fsp3) is 0.120. The molecule has 3 aromatic rings. The first kappa shape index (κ1) is 22.4. The van der Waals surface area contributed by atoms with E-state index in [1.807, 2.05) is 50.2 Å². The van der Waals surface area contributed by atoms with Gasteiger partial charge in [-0.25, -0.2) is 0 Å². The molecule has 0 unspecified atom stereocenters. The maximum Gasteiger partial charge on any atom is 0.266 e. The minimum absolute atomic E-state index is 0.0264. The van der Waals surface area contributed by atoms with E-state index in [0.717, 1.165) is 16.7 Å². The van der Waals surface area contributed by atoms with Crippen LogP contribution >= 0.6 is 23.2 Å². The van der Waals surface area contributed by atoms with E-state index in [-0.39, 0.29) is 12.2 Å². The van der Waals surface area contributed by atoms with E-state index in [1.165, 1.54) is 6.08 Å². The van der Waals surface area contributed by atoms with Crippen molar-refractivity contribution in [1.82, 2.24) is 0 Å². The van der Waals surface area contributed by atoms with Gasteiger partial charge in [-0.05, 0) is 55.3 Å². The van der Waals surface area contributed by atoms with Crippen LogP contribution in [0.2, 0.25) is 10.0 Å². The van der Waals surface area contributed by atoms with Crippen LogP contribution in [0.25, 0.3) is 6.08 Å². The molecule has 3 rings (SSSR count). The quantitative estimate of drug-likeness (QED) is 0.334. The van der Waals surface area contributed by atoms with Gasteiger partial charge in [0.2, 0.25) is 0 Å². The summed E-state index contributed by atoms with van der Waals surface area (Å²) in [6.45, 7) is 4.11. The average Bonchev–Trinajstić information content (AvgIpc) is 2.75. The van der Waals surface area contributed by atoms with Crippen LogP contribution in [0, 0.1) is 25.2 Å². The Hall–Kier alpha value is -3.26. The number of amides is 1. The summed E-state index contributed by atoms with van der Waals surface area (Å²) in [5.41, 5.74) is 4.05. The average molecular weight is 451 g/mol. The Morgan fingerprint density at radius 2 is 1.87 bits per heavy atom. The van der Waals surface area contributed by atoms with E-state index in [9.17, 15) is 10.1 Å². The number of carbonyl (C=O) groups excluding carboxylic acids is 1. The van der Waals surface area contributed by atoms with Crippen LogP contribution in [0.5, 0.6) is 5.75 Å². The number of halogens is 2. The number of carbonyl (C=O) groups is 1. The molecule has 156 valence electrons. The summed E-state index contributed by atoms with van der Waals surface area (Å²) in [7, 11) is 0. The van der Waals surface area contributed by atoms with Gasteiger partial charge in [-0.1, -0.05) is 59.6 Å². The number of anilines is 1. The molecule has 0 radical (unpaired) electrons. The van der Waals surface area contributed by atoms with Crippen LogP contribution in [-0.2, 0) is 11.4 Å². The number of nitriles is 1. The molecular weight excluding hydrogens is 431 g/mol. The summed E-state index contributed by atoms with van der Waals surface area (Å²) in [4.78, 5) is 12.7. The second-order valence-electron chi connectivity index (χ2n) is 6.93. The maximum atomic E-state index is 12.7. The predicted molar refractivity (Wildman–Crippen MR) is 125 cm³/mol. The number of nitrogens with zero attached hydrogens (tertiary/aromatic N) is 1. The minimum Gasteiger partial charge on any atom is -0.488 e. The summed E-state index contributed by atoms with van der Waals surface area (Å²) < 4.78 is 5.91. The van der Waals surface area contributed by atoms with Crippen molar-refractivity contribution in [2.24, 2.45) is 0 Å².